The first-order valence-corrected chi connectivity index (χ1v) is 8.48. The summed E-state index contributed by atoms with van der Waals surface area (Å²) in [5.41, 5.74) is -0.684. The average Bonchev–Trinajstić information content (AvgIpc) is 2.58. The van der Waals surface area contributed by atoms with Crippen molar-refractivity contribution in [1.82, 2.24) is 0 Å². The predicted molar refractivity (Wildman–Crippen MR) is 97.0 cm³/mol. The first-order chi connectivity index (χ1) is 12.1. The predicted octanol–water partition coefficient (Wildman–Crippen LogP) is 1.28. The van der Waals surface area contributed by atoms with Crippen LogP contribution in [-0.4, -0.2) is 54.6 Å². The quantitative estimate of drug-likeness (QED) is 0.441. The molecule has 0 aliphatic carbocycles. The van der Waals surface area contributed by atoms with Crippen LogP contribution in [0.25, 0.3) is 0 Å². The minimum atomic E-state index is -1.80. The maximum absolute atomic E-state index is 11.4. The van der Waals surface area contributed by atoms with E-state index in [1.165, 1.54) is 50.2 Å². The van der Waals surface area contributed by atoms with Crippen molar-refractivity contribution in [3.8, 4) is 11.5 Å². The standard InChI is InChI=1S/C20H26O6/c1-12(21)19(25)18(15-5-9-17(24)10-6-15)20(26,13(2)22)11-14-3-7-16(23)8-4-14/h3-10,12-13,18-19,21-26H,11H2,1-2H3/t12?,13-,18?,19?,20+/m0/s1. The lowest BCUT2D eigenvalue weighted by molar-refractivity contribution is -0.126. The molecular formula is C20H26O6. The molecule has 0 aromatic heterocycles. The summed E-state index contributed by atoms with van der Waals surface area (Å²) in [6.07, 6.45) is -3.75. The van der Waals surface area contributed by atoms with Crippen molar-refractivity contribution in [3.63, 3.8) is 0 Å². The van der Waals surface area contributed by atoms with Gasteiger partial charge in [0, 0.05) is 12.3 Å². The molecule has 5 atom stereocenters. The van der Waals surface area contributed by atoms with E-state index in [-0.39, 0.29) is 17.9 Å². The van der Waals surface area contributed by atoms with Crippen molar-refractivity contribution >= 4 is 0 Å². The SMILES string of the molecule is CC(O)C(O)C(c1ccc(O)cc1)[C@@](O)(Cc1ccc(O)cc1)[C@H](C)O. The maximum Gasteiger partial charge on any atom is 0.115 e. The van der Waals surface area contributed by atoms with Crippen molar-refractivity contribution in [3.05, 3.63) is 59.7 Å². The van der Waals surface area contributed by atoms with Gasteiger partial charge in [-0.3, -0.25) is 0 Å². The van der Waals surface area contributed by atoms with Gasteiger partial charge in [-0.05, 0) is 49.2 Å². The van der Waals surface area contributed by atoms with Crippen LogP contribution in [0, 0.1) is 0 Å². The van der Waals surface area contributed by atoms with Crippen molar-refractivity contribution in [2.24, 2.45) is 0 Å². The Morgan fingerprint density at radius 2 is 1.27 bits per heavy atom. The molecule has 0 spiro atoms. The summed E-state index contributed by atoms with van der Waals surface area (Å²) in [5, 5.41) is 61.2. The number of aliphatic hydroxyl groups is 4. The van der Waals surface area contributed by atoms with Crippen LogP contribution in [0.1, 0.15) is 30.9 Å². The van der Waals surface area contributed by atoms with Crippen LogP contribution < -0.4 is 0 Å². The Kier molecular flexibility index (Phi) is 6.26. The van der Waals surface area contributed by atoms with Gasteiger partial charge in [0.1, 0.15) is 17.1 Å². The molecule has 3 unspecified atom stereocenters. The molecule has 6 heteroatoms. The molecule has 0 radical (unpaired) electrons. The van der Waals surface area contributed by atoms with Crippen LogP contribution in [0.3, 0.4) is 0 Å². The van der Waals surface area contributed by atoms with Gasteiger partial charge in [0.05, 0.1) is 18.3 Å². The first kappa shape index (κ1) is 20.2. The van der Waals surface area contributed by atoms with Crippen molar-refractivity contribution < 1.29 is 30.6 Å². The third-order valence-electron chi connectivity index (χ3n) is 4.77. The molecule has 0 bridgehead atoms. The van der Waals surface area contributed by atoms with Crippen molar-refractivity contribution in [2.75, 3.05) is 0 Å². The zero-order chi connectivity index (χ0) is 19.5. The Balaban J connectivity index is 2.51. The summed E-state index contributed by atoms with van der Waals surface area (Å²) < 4.78 is 0. The van der Waals surface area contributed by atoms with Gasteiger partial charge < -0.3 is 30.6 Å². The number of hydrogen-bond acceptors (Lipinski definition) is 6. The van der Waals surface area contributed by atoms with Gasteiger partial charge in [-0.15, -0.1) is 0 Å². The molecule has 2 aromatic rings. The van der Waals surface area contributed by atoms with Crippen LogP contribution in [0.4, 0.5) is 0 Å². The summed E-state index contributed by atoms with van der Waals surface area (Å²) >= 11 is 0. The van der Waals surface area contributed by atoms with E-state index in [9.17, 15) is 30.6 Å². The van der Waals surface area contributed by atoms with Crippen LogP contribution in [-0.2, 0) is 6.42 Å². The summed E-state index contributed by atoms with van der Waals surface area (Å²) in [5.74, 6) is -0.913. The van der Waals surface area contributed by atoms with E-state index in [4.69, 9.17) is 0 Å². The van der Waals surface area contributed by atoms with Gasteiger partial charge >= 0.3 is 0 Å². The van der Waals surface area contributed by atoms with Crippen LogP contribution in [0.5, 0.6) is 11.5 Å². The third-order valence-corrected chi connectivity index (χ3v) is 4.77. The van der Waals surface area contributed by atoms with E-state index < -0.39 is 29.8 Å². The average molecular weight is 362 g/mol. The minimum absolute atomic E-state index is 0.0136. The molecule has 0 fully saturated rings. The van der Waals surface area contributed by atoms with E-state index in [0.29, 0.717) is 11.1 Å². The molecular weight excluding hydrogens is 336 g/mol. The summed E-state index contributed by atoms with van der Waals surface area (Å²) in [4.78, 5) is 0. The van der Waals surface area contributed by atoms with Crippen molar-refractivity contribution in [1.29, 1.82) is 0 Å². The van der Waals surface area contributed by atoms with Crippen LogP contribution in [0.15, 0.2) is 48.5 Å². The number of benzene rings is 2. The zero-order valence-electron chi connectivity index (χ0n) is 14.8. The molecule has 6 N–H and O–H groups in total. The van der Waals surface area contributed by atoms with Gasteiger partial charge in [0.25, 0.3) is 0 Å². The Morgan fingerprint density at radius 1 is 0.808 bits per heavy atom. The smallest absolute Gasteiger partial charge is 0.115 e. The maximum atomic E-state index is 11.4. The Morgan fingerprint density at radius 3 is 1.69 bits per heavy atom. The molecule has 142 valence electrons. The summed E-state index contributed by atoms with van der Waals surface area (Å²) in [6.45, 7) is 2.82. The number of hydrogen-bond donors (Lipinski definition) is 6. The third kappa shape index (κ3) is 4.34. The fraction of sp³-hybridized carbons (Fsp3) is 0.400. The Hall–Kier alpha value is -2.12. The van der Waals surface area contributed by atoms with Gasteiger partial charge in [-0.1, -0.05) is 24.3 Å². The van der Waals surface area contributed by atoms with E-state index in [2.05, 4.69) is 0 Å². The highest BCUT2D eigenvalue weighted by molar-refractivity contribution is 5.34. The highest BCUT2D eigenvalue weighted by Gasteiger charge is 2.47. The number of phenolic OH excluding ortho intramolecular Hbond substituents is 2. The highest BCUT2D eigenvalue weighted by atomic mass is 16.4. The van der Waals surface area contributed by atoms with Gasteiger partial charge in [-0.2, -0.15) is 0 Å². The van der Waals surface area contributed by atoms with Gasteiger partial charge in [0.2, 0.25) is 0 Å². The Labute approximate surface area is 152 Å². The molecule has 6 nitrogen and oxygen atoms in total. The molecule has 0 aliphatic rings. The fourth-order valence-electron chi connectivity index (χ4n) is 3.20. The van der Waals surface area contributed by atoms with E-state index >= 15 is 0 Å². The van der Waals surface area contributed by atoms with E-state index in [1.807, 2.05) is 0 Å². The molecule has 0 heterocycles. The van der Waals surface area contributed by atoms with Gasteiger partial charge in [-0.25, -0.2) is 0 Å². The number of aliphatic hydroxyl groups excluding tert-OH is 3. The summed E-state index contributed by atoms with van der Waals surface area (Å²) in [7, 11) is 0. The summed E-state index contributed by atoms with van der Waals surface area (Å²) in [6, 6.07) is 12.1. The number of aromatic hydroxyl groups is 2. The lowest BCUT2D eigenvalue weighted by Gasteiger charge is -2.42. The highest BCUT2D eigenvalue weighted by Crippen LogP contribution is 2.38. The zero-order valence-corrected chi connectivity index (χ0v) is 14.8. The lowest BCUT2D eigenvalue weighted by Crippen LogP contribution is -2.54. The van der Waals surface area contributed by atoms with Crippen LogP contribution in [0.2, 0.25) is 0 Å². The molecule has 0 saturated heterocycles. The topological polar surface area (TPSA) is 121 Å². The molecule has 0 amide bonds. The molecule has 0 aliphatic heterocycles. The second-order valence-corrected chi connectivity index (χ2v) is 6.81. The second kappa shape index (κ2) is 8.05. The van der Waals surface area contributed by atoms with Crippen LogP contribution >= 0.6 is 0 Å². The van der Waals surface area contributed by atoms with E-state index in [0.717, 1.165) is 0 Å². The lowest BCUT2D eigenvalue weighted by atomic mass is 9.71. The molecule has 2 aromatic carbocycles. The van der Waals surface area contributed by atoms with E-state index in [1.54, 1.807) is 12.1 Å². The first-order valence-electron chi connectivity index (χ1n) is 8.48. The minimum Gasteiger partial charge on any atom is -0.508 e. The monoisotopic (exact) mass is 362 g/mol. The fourth-order valence-corrected chi connectivity index (χ4v) is 3.20. The van der Waals surface area contributed by atoms with Gasteiger partial charge in [0.15, 0.2) is 0 Å². The number of rotatable bonds is 7. The Bertz CT molecular complexity index is 695. The second-order valence-electron chi connectivity index (χ2n) is 6.81. The molecule has 26 heavy (non-hydrogen) atoms. The normalized spacial score (nSPS) is 18.5. The molecule has 0 saturated carbocycles. The van der Waals surface area contributed by atoms with Crippen molar-refractivity contribution in [2.45, 2.75) is 50.1 Å². The largest absolute Gasteiger partial charge is 0.508 e. The number of phenols is 2. The molecule has 2 rings (SSSR count).